The molecule has 1 fully saturated rings. The number of aliphatic carboxylic acids is 1. The van der Waals surface area contributed by atoms with Gasteiger partial charge in [-0.2, -0.15) is 9.57 Å². The number of nitrogens with zero attached hydrogens (tertiary/aromatic N) is 2. The molecule has 1 aliphatic rings. The van der Waals surface area contributed by atoms with Gasteiger partial charge in [0.05, 0.1) is 17.4 Å². The van der Waals surface area contributed by atoms with E-state index in [2.05, 4.69) is 0 Å². The summed E-state index contributed by atoms with van der Waals surface area (Å²) < 4.78 is 25.9. The minimum absolute atomic E-state index is 0.204. The molecule has 1 aromatic carbocycles. The Morgan fingerprint density at radius 2 is 1.95 bits per heavy atom. The van der Waals surface area contributed by atoms with Crippen LogP contribution in [-0.2, 0) is 20.6 Å². The first-order valence-electron chi connectivity index (χ1n) is 6.63. The van der Waals surface area contributed by atoms with E-state index in [-0.39, 0.29) is 11.8 Å². The highest BCUT2D eigenvalue weighted by Crippen LogP contribution is 2.28. The van der Waals surface area contributed by atoms with Crippen molar-refractivity contribution in [3.63, 3.8) is 0 Å². The molecule has 112 valence electrons. The molecule has 0 unspecified atom stereocenters. The van der Waals surface area contributed by atoms with Crippen LogP contribution in [0.25, 0.3) is 0 Å². The molecular weight excluding hydrogens is 292 g/mol. The molecule has 1 N–H and O–H groups in total. The van der Waals surface area contributed by atoms with Crippen LogP contribution in [0.1, 0.15) is 30.4 Å². The number of sulfonamides is 1. The third kappa shape index (κ3) is 3.80. The van der Waals surface area contributed by atoms with Crippen molar-refractivity contribution in [2.75, 3.05) is 6.54 Å². The van der Waals surface area contributed by atoms with E-state index in [1.165, 1.54) is 0 Å². The van der Waals surface area contributed by atoms with Crippen LogP contribution in [0.4, 0.5) is 0 Å². The fourth-order valence-electron chi connectivity index (χ4n) is 2.23. The van der Waals surface area contributed by atoms with Gasteiger partial charge >= 0.3 is 5.97 Å². The molecule has 6 nitrogen and oxygen atoms in total. The minimum Gasteiger partial charge on any atom is -0.480 e. The number of hydrogen-bond acceptors (Lipinski definition) is 4. The summed E-state index contributed by atoms with van der Waals surface area (Å²) >= 11 is 0. The van der Waals surface area contributed by atoms with Crippen molar-refractivity contribution < 1.29 is 18.3 Å². The maximum absolute atomic E-state index is 12.4. The SMILES string of the molecule is N#Cc1ccc(CS(=O)(=O)N(CC(=O)O)C2CCC2)cc1. The number of carboxylic acid groups (broad SMARTS) is 1. The van der Waals surface area contributed by atoms with Gasteiger partial charge in [-0.1, -0.05) is 18.6 Å². The highest BCUT2D eigenvalue weighted by molar-refractivity contribution is 7.88. The summed E-state index contributed by atoms with van der Waals surface area (Å²) in [6.07, 6.45) is 2.34. The number of carboxylic acids is 1. The lowest BCUT2D eigenvalue weighted by atomic mass is 9.93. The molecule has 0 spiro atoms. The quantitative estimate of drug-likeness (QED) is 0.854. The van der Waals surface area contributed by atoms with Gasteiger partial charge in [0.2, 0.25) is 10.0 Å². The number of rotatable bonds is 6. The van der Waals surface area contributed by atoms with E-state index in [9.17, 15) is 13.2 Å². The molecule has 7 heteroatoms. The zero-order valence-electron chi connectivity index (χ0n) is 11.4. The maximum atomic E-state index is 12.4. The van der Waals surface area contributed by atoms with Crippen LogP contribution in [-0.4, -0.2) is 36.4 Å². The first-order chi connectivity index (χ1) is 9.92. The largest absolute Gasteiger partial charge is 0.480 e. The number of nitriles is 1. The fraction of sp³-hybridized carbons (Fsp3) is 0.429. The van der Waals surface area contributed by atoms with Gasteiger partial charge in [0.1, 0.15) is 6.54 Å². The van der Waals surface area contributed by atoms with Crippen molar-refractivity contribution in [2.45, 2.75) is 31.1 Å². The summed E-state index contributed by atoms with van der Waals surface area (Å²) in [7, 11) is -3.68. The Hall–Kier alpha value is -1.91. The van der Waals surface area contributed by atoms with Gasteiger partial charge in [-0.15, -0.1) is 0 Å². The van der Waals surface area contributed by atoms with Crippen LogP contribution >= 0.6 is 0 Å². The van der Waals surface area contributed by atoms with Crippen molar-refractivity contribution in [3.05, 3.63) is 35.4 Å². The van der Waals surface area contributed by atoms with Gasteiger partial charge in [-0.3, -0.25) is 4.79 Å². The first-order valence-corrected chi connectivity index (χ1v) is 8.23. The Kier molecular flexibility index (Phi) is 4.60. The second-order valence-electron chi connectivity index (χ2n) is 5.09. The Morgan fingerprint density at radius 1 is 1.33 bits per heavy atom. The van der Waals surface area contributed by atoms with Gasteiger partial charge < -0.3 is 5.11 Å². The standard InChI is InChI=1S/C14H16N2O4S/c15-8-11-4-6-12(7-5-11)10-21(19,20)16(9-14(17)18)13-2-1-3-13/h4-7,13H,1-3,9-10H2,(H,17,18). The van der Waals surface area contributed by atoms with E-state index in [0.717, 1.165) is 10.7 Å². The lowest BCUT2D eigenvalue weighted by Crippen LogP contribution is -2.47. The first kappa shape index (κ1) is 15.5. The molecule has 0 heterocycles. The lowest BCUT2D eigenvalue weighted by Gasteiger charge is -2.35. The zero-order chi connectivity index (χ0) is 15.5. The second kappa shape index (κ2) is 6.24. The van der Waals surface area contributed by atoms with Crippen LogP contribution in [0.15, 0.2) is 24.3 Å². The Balaban J connectivity index is 2.17. The van der Waals surface area contributed by atoms with Crippen molar-refractivity contribution in [1.82, 2.24) is 4.31 Å². The zero-order valence-corrected chi connectivity index (χ0v) is 12.2. The van der Waals surface area contributed by atoms with Crippen LogP contribution in [0.5, 0.6) is 0 Å². The molecule has 0 aliphatic heterocycles. The van der Waals surface area contributed by atoms with Gasteiger partial charge in [0.25, 0.3) is 0 Å². The van der Waals surface area contributed by atoms with Crippen molar-refractivity contribution >= 4 is 16.0 Å². The molecule has 21 heavy (non-hydrogen) atoms. The van der Waals surface area contributed by atoms with Gasteiger partial charge in [-0.05, 0) is 30.5 Å². The van der Waals surface area contributed by atoms with Crippen LogP contribution in [0, 0.1) is 11.3 Å². The predicted molar refractivity (Wildman–Crippen MR) is 75.8 cm³/mol. The molecule has 0 atom stereocenters. The van der Waals surface area contributed by atoms with Gasteiger partial charge in [-0.25, -0.2) is 8.42 Å². The Morgan fingerprint density at radius 3 is 2.38 bits per heavy atom. The normalized spacial score (nSPS) is 15.4. The van der Waals surface area contributed by atoms with E-state index in [0.29, 0.717) is 24.0 Å². The van der Waals surface area contributed by atoms with E-state index in [1.807, 2.05) is 6.07 Å². The smallest absolute Gasteiger partial charge is 0.318 e. The molecule has 1 aliphatic carbocycles. The highest BCUT2D eigenvalue weighted by atomic mass is 32.2. The Labute approximate surface area is 123 Å². The number of benzene rings is 1. The molecule has 1 saturated carbocycles. The van der Waals surface area contributed by atoms with E-state index < -0.39 is 22.5 Å². The van der Waals surface area contributed by atoms with Crippen molar-refractivity contribution in [3.8, 4) is 6.07 Å². The summed E-state index contributed by atoms with van der Waals surface area (Å²) in [6.45, 7) is -0.497. The average Bonchev–Trinajstić information content (AvgIpc) is 2.36. The lowest BCUT2D eigenvalue weighted by molar-refractivity contribution is -0.137. The Bertz CT molecular complexity index is 657. The van der Waals surface area contributed by atoms with E-state index >= 15 is 0 Å². The summed E-state index contributed by atoms with van der Waals surface area (Å²) in [5, 5.41) is 17.6. The van der Waals surface area contributed by atoms with Crippen molar-refractivity contribution in [2.24, 2.45) is 0 Å². The van der Waals surface area contributed by atoms with E-state index in [1.54, 1.807) is 24.3 Å². The summed E-state index contributed by atoms with van der Waals surface area (Å²) in [5.74, 6) is -1.40. The highest BCUT2D eigenvalue weighted by Gasteiger charge is 2.35. The fourth-order valence-corrected chi connectivity index (χ4v) is 3.98. The third-order valence-corrected chi connectivity index (χ3v) is 5.40. The summed E-state index contributed by atoms with van der Waals surface area (Å²) in [5.41, 5.74) is 1.00. The number of hydrogen-bond donors (Lipinski definition) is 1. The molecule has 0 aromatic heterocycles. The molecule has 1 aromatic rings. The average molecular weight is 308 g/mol. The van der Waals surface area contributed by atoms with E-state index in [4.69, 9.17) is 10.4 Å². The number of carbonyl (C=O) groups is 1. The maximum Gasteiger partial charge on any atom is 0.318 e. The molecule has 0 bridgehead atoms. The van der Waals surface area contributed by atoms with Crippen LogP contribution in [0.3, 0.4) is 0 Å². The predicted octanol–water partition coefficient (Wildman–Crippen LogP) is 1.33. The molecule has 2 rings (SSSR count). The summed E-state index contributed by atoms with van der Waals surface area (Å²) in [6, 6.07) is 8.02. The van der Waals surface area contributed by atoms with Crippen molar-refractivity contribution in [1.29, 1.82) is 5.26 Å². The summed E-state index contributed by atoms with van der Waals surface area (Å²) in [4.78, 5) is 10.9. The van der Waals surface area contributed by atoms with Gasteiger partial charge in [0.15, 0.2) is 0 Å². The topological polar surface area (TPSA) is 98.5 Å². The monoisotopic (exact) mass is 308 g/mol. The van der Waals surface area contributed by atoms with Crippen LogP contribution in [0.2, 0.25) is 0 Å². The van der Waals surface area contributed by atoms with Gasteiger partial charge in [0, 0.05) is 6.04 Å². The molecule has 0 saturated heterocycles. The molecule has 0 radical (unpaired) electrons. The molecular formula is C14H16N2O4S. The third-order valence-electron chi connectivity index (χ3n) is 3.56. The minimum atomic E-state index is -3.68. The molecule has 0 amide bonds. The second-order valence-corrected chi connectivity index (χ2v) is 7.01. The van der Waals surface area contributed by atoms with Crippen LogP contribution < -0.4 is 0 Å².